The second-order valence-corrected chi connectivity index (χ2v) is 5.67. The minimum Gasteiger partial charge on any atom is -0.357 e. The molecule has 0 saturated carbocycles. The van der Waals surface area contributed by atoms with Crippen molar-refractivity contribution in [3.05, 3.63) is 53.2 Å². The number of hydrogen-bond donors (Lipinski definition) is 1. The number of nitrogens with one attached hydrogen (secondary N) is 1. The van der Waals surface area contributed by atoms with E-state index in [1.165, 1.54) is 18.9 Å². The average Bonchev–Trinajstić information content (AvgIpc) is 3.10. The predicted molar refractivity (Wildman–Crippen MR) is 85.8 cm³/mol. The fourth-order valence-electron chi connectivity index (χ4n) is 2.59. The highest BCUT2D eigenvalue weighted by Crippen LogP contribution is 2.17. The molecule has 120 valence electrons. The Morgan fingerprint density at radius 3 is 2.83 bits per heavy atom. The molecule has 3 rings (SSSR count). The van der Waals surface area contributed by atoms with E-state index in [-0.39, 0.29) is 18.3 Å². The minimum absolute atomic E-state index is 0.218. The van der Waals surface area contributed by atoms with Crippen molar-refractivity contribution in [2.24, 2.45) is 0 Å². The van der Waals surface area contributed by atoms with Crippen molar-refractivity contribution < 1.29 is 9.18 Å². The molecular formula is C17H19FN4O. The molecule has 0 aliphatic carbocycles. The molecule has 1 aliphatic rings. The Bertz CT molecular complexity index is 713. The number of aryl methyl sites for hydroxylation is 1. The van der Waals surface area contributed by atoms with Gasteiger partial charge in [-0.1, -0.05) is 6.07 Å². The van der Waals surface area contributed by atoms with Crippen LogP contribution in [0, 0.1) is 12.7 Å². The van der Waals surface area contributed by atoms with E-state index in [9.17, 15) is 9.18 Å². The summed E-state index contributed by atoms with van der Waals surface area (Å²) in [7, 11) is 0. The Kier molecular flexibility index (Phi) is 4.50. The van der Waals surface area contributed by atoms with Crippen LogP contribution in [-0.4, -0.2) is 29.0 Å². The molecule has 1 fully saturated rings. The number of amides is 1. The second-order valence-electron chi connectivity index (χ2n) is 5.67. The molecule has 5 nitrogen and oxygen atoms in total. The highest BCUT2D eigenvalue weighted by molar-refractivity contribution is 5.94. The Balaban J connectivity index is 1.64. The number of anilines is 1. The maximum absolute atomic E-state index is 13.5. The highest BCUT2D eigenvalue weighted by atomic mass is 19.1. The summed E-state index contributed by atoms with van der Waals surface area (Å²) in [6.45, 7) is 3.89. The summed E-state index contributed by atoms with van der Waals surface area (Å²) in [6.07, 6.45) is 4.05. The van der Waals surface area contributed by atoms with Crippen molar-refractivity contribution in [3.63, 3.8) is 0 Å². The largest absolute Gasteiger partial charge is 0.357 e. The molecule has 2 heterocycles. The summed E-state index contributed by atoms with van der Waals surface area (Å²) in [5.74, 6) is 0.725. The quantitative estimate of drug-likeness (QED) is 0.942. The van der Waals surface area contributed by atoms with Crippen molar-refractivity contribution in [2.75, 3.05) is 18.0 Å². The summed E-state index contributed by atoms with van der Waals surface area (Å²) in [5.41, 5.74) is 0.812. The smallest absolute Gasteiger partial charge is 0.251 e. The maximum atomic E-state index is 13.5. The van der Waals surface area contributed by atoms with Gasteiger partial charge in [-0.05, 0) is 43.5 Å². The first-order valence-electron chi connectivity index (χ1n) is 7.75. The first-order chi connectivity index (χ1) is 11.1. The predicted octanol–water partition coefficient (Wildman–Crippen LogP) is 2.45. The lowest BCUT2D eigenvalue weighted by molar-refractivity contribution is 0.0949. The van der Waals surface area contributed by atoms with E-state index in [1.54, 1.807) is 25.3 Å². The van der Waals surface area contributed by atoms with E-state index >= 15 is 0 Å². The Labute approximate surface area is 134 Å². The summed E-state index contributed by atoms with van der Waals surface area (Å²) in [6, 6.07) is 6.32. The molecule has 1 amide bonds. The number of nitrogens with zero attached hydrogens (tertiary/aromatic N) is 3. The number of carbonyl (C=O) groups is 1. The van der Waals surface area contributed by atoms with Crippen LogP contribution in [0.25, 0.3) is 0 Å². The first kappa shape index (κ1) is 15.4. The van der Waals surface area contributed by atoms with E-state index in [0.29, 0.717) is 17.0 Å². The van der Waals surface area contributed by atoms with Gasteiger partial charge in [0.2, 0.25) is 0 Å². The molecule has 0 bridgehead atoms. The van der Waals surface area contributed by atoms with Crippen LogP contribution in [0.4, 0.5) is 10.2 Å². The Morgan fingerprint density at radius 1 is 1.30 bits per heavy atom. The molecule has 1 saturated heterocycles. The fourth-order valence-corrected chi connectivity index (χ4v) is 2.59. The van der Waals surface area contributed by atoms with Crippen molar-refractivity contribution >= 4 is 11.7 Å². The molecular weight excluding hydrogens is 295 g/mol. The number of carbonyl (C=O) groups excluding carboxylic acids is 1. The van der Waals surface area contributed by atoms with Gasteiger partial charge in [-0.25, -0.2) is 14.4 Å². The SMILES string of the molecule is Cc1ccc(C(=O)NCc2nccc(N3CCCC3)n2)cc1F. The topological polar surface area (TPSA) is 58.1 Å². The van der Waals surface area contributed by atoms with Gasteiger partial charge in [0.05, 0.1) is 6.54 Å². The lowest BCUT2D eigenvalue weighted by Gasteiger charge is -2.16. The second kappa shape index (κ2) is 6.73. The number of halogens is 1. The minimum atomic E-state index is -0.384. The standard InChI is InChI=1S/C17H19FN4O/c1-12-4-5-13(10-14(12)18)17(23)20-11-15-19-7-6-16(21-15)22-8-2-3-9-22/h4-7,10H,2-3,8-9,11H2,1H3,(H,20,23). The van der Waals surface area contributed by atoms with E-state index < -0.39 is 0 Å². The van der Waals surface area contributed by atoms with Crippen LogP contribution in [-0.2, 0) is 6.54 Å². The molecule has 23 heavy (non-hydrogen) atoms. The van der Waals surface area contributed by atoms with Gasteiger partial charge in [0.25, 0.3) is 5.91 Å². The lowest BCUT2D eigenvalue weighted by atomic mass is 10.1. The van der Waals surface area contributed by atoms with Gasteiger partial charge in [0.1, 0.15) is 17.5 Å². The summed E-state index contributed by atoms with van der Waals surface area (Å²) in [5, 5.41) is 2.73. The zero-order chi connectivity index (χ0) is 16.2. The number of aromatic nitrogens is 2. The van der Waals surface area contributed by atoms with Crippen LogP contribution in [0.1, 0.15) is 34.6 Å². The van der Waals surface area contributed by atoms with E-state index in [0.717, 1.165) is 18.9 Å². The number of hydrogen-bond acceptors (Lipinski definition) is 4. The van der Waals surface area contributed by atoms with Crippen LogP contribution in [0.5, 0.6) is 0 Å². The molecule has 0 atom stereocenters. The third kappa shape index (κ3) is 3.64. The van der Waals surface area contributed by atoms with Crippen LogP contribution in [0.15, 0.2) is 30.5 Å². The zero-order valence-corrected chi connectivity index (χ0v) is 13.1. The molecule has 0 radical (unpaired) electrons. The highest BCUT2D eigenvalue weighted by Gasteiger charge is 2.14. The molecule has 1 aliphatic heterocycles. The van der Waals surface area contributed by atoms with Crippen LogP contribution in [0.3, 0.4) is 0 Å². The van der Waals surface area contributed by atoms with Crippen molar-refractivity contribution in [3.8, 4) is 0 Å². The molecule has 1 N–H and O–H groups in total. The van der Waals surface area contributed by atoms with Gasteiger partial charge in [0.15, 0.2) is 0 Å². The zero-order valence-electron chi connectivity index (χ0n) is 13.1. The van der Waals surface area contributed by atoms with Gasteiger partial charge in [-0.15, -0.1) is 0 Å². The van der Waals surface area contributed by atoms with Gasteiger partial charge in [0, 0.05) is 24.8 Å². The Hall–Kier alpha value is -2.50. The first-order valence-corrected chi connectivity index (χ1v) is 7.75. The van der Waals surface area contributed by atoms with Crippen LogP contribution < -0.4 is 10.2 Å². The molecule has 2 aromatic rings. The fraction of sp³-hybridized carbons (Fsp3) is 0.353. The van der Waals surface area contributed by atoms with Crippen molar-refractivity contribution in [1.29, 1.82) is 0 Å². The third-order valence-electron chi connectivity index (χ3n) is 3.96. The van der Waals surface area contributed by atoms with Gasteiger partial charge < -0.3 is 10.2 Å². The van der Waals surface area contributed by atoms with Crippen LogP contribution >= 0.6 is 0 Å². The summed E-state index contributed by atoms with van der Waals surface area (Å²) in [4.78, 5) is 22.9. The molecule has 1 aromatic carbocycles. The van der Waals surface area contributed by atoms with Crippen molar-refractivity contribution in [2.45, 2.75) is 26.3 Å². The van der Waals surface area contributed by atoms with Crippen LogP contribution in [0.2, 0.25) is 0 Å². The average molecular weight is 314 g/mol. The van der Waals surface area contributed by atoms with Gasteiger partial charge >= 0.3 is 0 Å². The third-order valence-corrected chi connectivity index (χ3v) is 3.96. The van der Waals surface area contributed by atoms with E-state index in [2.05, 4.69) is 20.2 Å². The van der Waals surface area contributed by atoms with Crippen molar-refractivity contribution in [1.82, 2.24) is 15.3 Å². The monoisotopic (exact) mass is 314 g/mol. The van der Waals surface area contributed by atoms with Gasteiger partial charge in [-0.3, -0.25) is 4.79 Å². The van der Waals surface area contributed by atoms with E-state index in [1.807, 2.05) is 6.07 Å². The summed E-state index contributed by atoms with van der Waals surface area (Å²) < 4.78 is 13.5. The summed E-state index contributed by atoms with van der Waals surface area (Å²) >= 11 is 0. The van der Waals surface area contributed by atoms with E-state index in [4.69, 9.17) is 0 Å². The Morgan fingerprint density at radius 2 is 2.09 bits per heavy atom. The number of benzene rings is 1. The molecule has 1 aromatic heterocycles. The molecule has 0 unspecified atom stereocenters. The maximum Gasteiger partial charge on any atom is 0.251 e. The number of rotatable bonds is 4. The normalized spacial score (nSPS) is 14.1. The molecule has 0 spiro atoms. The lowest BCUT2D eigenvalue weighted by Crippen LogP contribution is -2.25. The molecule has 6 heteroatoms. The van der Waals surface area contributed by atoms with Gasteiger partial charge in [-0.2, -0.15) is 0 Å².